The van der Waals surface area contributed by atoms with Gasteiger partial charge in [0.05, 0.1) is 0 Å². The van der Waals surface area contributed by atoms with E-state index in [9.17, 15) is 0 Å². The standard InChI is InChI=1S/C11H16N2/c1-5-13-8-9(11(2,3)4)6-10(13)7-12/h6,8H,5H2,1-4H3. The van der Waals surface area contributed by atoms with E-state index in [2.05, 4.69) is 33.0 Å². The molecule has 0 aliphatic heterocycles. The molecule has 0 bridgehead atoms. The van der Waals surface area contributed by atoms with Crippen LogP contribution in [-0.4, -0.2) is 4.57 Å². The lowest BCUT2D eigenvalue weighted by molar-refractivity contribution is 0.587. The molecule has 0 aromatic carbocycles. The SMILES string of the molecule is CCn1cc(C(C)(C)C)cc1C#N. The van der Waals surface area contributed by atoms with E-state index in [1.165, 1.54) is 5.56 Å². The Bertz CT molecular complexity index is 334. The Morgan fingerprint density at radius 1 is 1.46 bits per heavy atom. The Hall–Kier alpha value is -1.23. The molecular weight excluding hydrogens is 160 g/mol. The van der Waals surface area contributed by atoms with Crippen molar-refractivity contribution in [3.63, 3.8) is 0 Å². The third-order valence-electron chi connectivity index (χ3n) is 2.22. The summed E-state index contributed by atoms with van der Waals surface area (Å²) in [7, 11) is 0. The summed E-state index contributed by atoms with van der Waals surface area (Å²) in [4.78, 5) is 0. The molecule has 0 radical (unpaired) electrons. The van der Waals surface area contributed by atoms with Crippen LogP contribution in [0.1, 0.15) is 39.0 Å². The predicted molar refractivity (Wildman–Crippen MR) is 53.5 cm³/mol. The molecule has 1 heterocycles. The molecule has 2 heteroatoms. The predicted octanol–water partition coefficient (Wildman–Crippen LogP) is 2.68. The molecule has 13 heavy (non-hydrogen) atoms. The summed E-state index contributed by atoms with van der Waals surface area (Å²) >= 11 is 0. The Morgan fingerprint density at radius 2 is 2.08 bits per heavy atom. The number of nitriles is 1. The highest BCUT2D eigenvalue weighted by atomic mass is 15.0. The molecular formula is C11H16N2. The van der Waals surface area contributed by atoms with E-state index in [0.29, 0.717) is 0 Å². The molecule has 0 saturated heterocycles. The molecule has 0 aliphatic carbocycles. The van der Waals surface area contributed by atoms with Crippen LogP contribution in [0.15, 0.2) is 12.3 Å². The quantitative estimate of drug-likeness (QED) is 0.646. The van der Waals surface area contributed by atoms with Gasteiger partial charge >= 0.3 is 0 Å². The first-order valence-electron chi connectivity index (χ1n) is 4.59. The lowest BCUT2D eigenvalue weighted by atomic mass is 9.89. The molecule has 0 amide bonds. The van der Waals surface area contributed by atoms with E-state index in [1.54, 1.807) is 0 Å². The lowest BCUT2D eigenvalue weighted by Crippen LogP contribution is -2.09. The van der Waals surface area contributed by atoms with Crippen LogP contribution >= 0.6 is 0 Å². The second-order valence-electron chi connectivity index (χ2n) is 4.26. The van der Waals surface area contributed by atoms with E-state index in [-0.39, 0.29) is 5.41 Å². The highest BCUT2D eigenvalue weighted by molar-refractivity contribution is 5.32. The monoisotopic (exact) mass is 176 g/mol. The van der Waals surface area contributed by atoms with E-state index in [4.69, 9.17) is 5.26 Å². The minimum atomic E-state index is 0.131. The zero-order valence-corrected chi connectivity index (χ0v) is 8.76. The molecule has 1 rings (SSSR count). The van der Waals surface area contributed by atoms with Gasteiger partial charge in [-0.15, -0.1) is 0 Å². The van der Waals surface area contributed by atoms with Gasteiger partial charge in [0.15, 0.2) is 0 Å². The summed E-state index contributed by atoms with van der Waals surface area (Å²) in [5.41, 5.74) is 2.12. The van der Waals surface area contributed by atoms with E-state index >= 15 is 0 Å². The maximum absolute atomic E-state index is 8.86. The normalized spacial score (nSPS) is 11.3. The van der Waals surface area contributed by atoms with Crippen molar-refractivity contribution in [2.75, 3.05) is 0 Å². The average Bonchev–Trinajstić information content (AvgIpc) is 2.45. The van der Waals surface area contributed by atoms with Crippen molar-refractivity contribution < 1.29 is 0 Å². The number of hydrogen-bond donors (Lipinski definition) is 0. The number of hydrogen-bond acceptors (Lipinski definition) is 1. The van der Waals surface area contributed by atoms with Gasteiger partial charge in [0.1, 0.15) is 11.8 Å². The van der Waals surface area contributed by atoms with Crippen LogP contribution in [0.3, 0.4) is 0 Å². The van der Waals surface area contributed by atoms with Crippen molar-refractivity contribution in [1.82, 2.24) is 4.57 Å². The van der Waals surface area contributed by atoms with E-state index < -0.39 is 0 Å². The molecule has 70 valence electrons. The summed E-state index contributed by atoms with van der Waals surface area (Å²) in [6, 6.07) is 4.18. The fourth-order valence-corrected chi connectivity index (χ4v) is 1.27. The topological polar surface area (TPSA) is 28.7 Å². The third-order valence-corrected chi connectivity index (χ3v) is 2.22. The summed E-state index contributed by atoms with van der Waals surface area (Å²) in [5.74, 6) is 0. The van der Waals surface area contributed by atoms with Gasteiger partial charge in [0, 0.05) is 12.7 Å². The van der Waals surface area contributed by atoms with Gasteiger partial charge in [-0.05, 0) is 24.0 Å². The van der Waals surface area contributed by atoms with Crippen molar-refractivity contribution in [2.45, 2.75) is 39.7 Å². The molecule has 1 aromatic heterocycles. The fourth-order valence-electron chi connectivity index (χ4n) is 1.27. The number of rotatable bonds is 1. The van der Waals surface area contributed by atoms with Crippen LogP contribution in [-0.2, 0) is 12.0 Å². The Morgan fingerprint density at radius 3 is 2.38 bits per heavy atom. The number of aryl methyl sites for hydroxylation is 1. The highest BCUT2D eigenvalue weighted by Gasteiger charge is 2.16. The second-order valence-corrected chi connectivity index (χ2v) is 4.26. The first kappa shape index (κ1) is 9.85. The zero-order chi connectivity index (χ0) is 10.1. The maximum atomic E-state index is 8.86. The van der Waals surface area contributed by atoms with Gasteiger partial charge in [-0.25, -0.2) is 0 Å². The summed E-state index contributed by atoms with van der Waals surface area (Å²) < 4.78 is 1.99. The third kappa shape index (κ3) is 1.92. The molecule has 0 fully saturated rings. The van der Waals surface area contributed by atoms with Crippen LogP contribution < -0.4 is 0 Å². The van der Waals surface area contributed by atoms with Gasteiger partial charge < -0.3 is 4.57 Å². The summed E-state index contributed by atoms with van der Waals surface area (Å²) in [5, 5.41) is 8.86. The molecule has 0 saturated carbocycles. The van der Waals surface area contributed by atoms with Crippen molar-refractivity contribution in [3.05, 3.63) is 23.5 Å². The van der Waals surface area contributed by atoms with Crippen molar-refractivity contribution in [3.8, 4) is 6.07 Å². The highest BCUT2D eigenvalue weighted by Crippen LogP contribution is 2.23. The van der Waals surface area contributed by atoms with Crippen molar-refractivity contribution in [2.24, 2.45) is 0 Å². The molecule has 0 unspecified atom stereocenters. The van der Waals surface area contributed by atoms with Crippen molar-refractivity contribution in [1.29, 1.82) is 5.26 Å². The Kier molecular flexibility index (Phi) is 2.47. The largest absolute Gasteiger partial charge is 0.339 e. The lowest BCUT2D eigenvalue weighted by Gasteiger charge is -2.15. The summed E-state index contributed by atoms with van der Waals surface area (Å²) in [6.07, 6.45) is 2.07. The van der Waals surface area contributed by atoms with Crippen molar-refractivity contribution >= 4 is 0 Å². The molecule has 0 aliphatic rings. The number of aromatic nitrogens is 1. The second kappa shape index (κ2) is 3.26. The Labute approximate surface area is 79.8 Å². The van der Waals surface area contributed by atoms with Gasteiger partial charge in [-0.3, -0.25) is 0 Å². The van der Waals surface area contributed by atoms with Crippen LogP contribution in [0, 0.1) is 11.3 Å². The van der Waals surface area contributed by atoms with Crippen LogP contribution in [0.25, 0.3) is 0 Å². The van der Waals surface area contributed by atoms with E-state index in [0.717, 1.165) is 12.2 Å². The number of nitrogens with zero attached hydrogens (tertiary/aromatic N) is 2. The van der Waals surface area contributed by atoms with Crippen LogP contribution in [0.2, 0.25) is 0 Å². The molecule has 0 spiro atoms. The minimum absolute atomic E-state index is 0.131. The van der Waals surface area contributed by atoms with E-state index in [1.807, 2.05) is 17.6 Å². The zero-order valence-electron chi connectivity index (χ0n) is 8.76. The molecule has 2 nitrogen and oxygen atoms in total. The molecule has 0 N–H and O–H groups in total. The first-order valence-corrected chi connectivity index (χ1v) is 4.59. The first-order chi connectivity index (χ1) is 5.99. The molecule has 1 aromatic rings. The summed E-state index contributed by atoms with van der Waals surface area (Å²) in [6.45, 7) is 9.38. The van der Waals surface area contributed by atoms with Gasteiger partial charge in [-0.2, -0.15) is 5.26 Å². The van der Waals surface area contributed by atoms with Gasteiger partial charge in [0.2, 0.25) is 0 Å². The maximum Gasteiger partial charge on any atom is 0.120 e. The van der Waals surface area contributed by atoms with Gasteiger partial charge in [0.25, 0.3) is 0 Å². The molecule has 0 atom stereocenters. The van der Waals surface area contributed by atoms with Crippen LogP contribution in [0.5, 0.6) is 0 Å². The minimum Gasteiger partial charge on any atom is -0.339 e. The average molecular weight is 176 g/mol. The van der Waals surface area contributed by atoms with Gasteiger partial charge in [-0.1, -0.05) is 20.8 Å². The fraction of sp³-hybridized carbons (Fsp3) is 0.545. The smallest absolute Gasteiger partial charge is 0.120 e. The Balaban J connectivity index is 3.16. The van der Waals surface area contributed by atoms with Crippen LogP contribution in [0.4, 0.5) is 0 Å².